The molecule has 2 heterocycles. The van der Waals surface area contributed by atoms with Crippen LogP contribution in [0.2, 0.25) is 0 Å². The van der Waals surface area contributed by atoms with Gasteiger partial charge in [0.1, 0.15) is 0 Å². The summed E-state index contributed by atoms with van der Waals surface area (Å²) >= 11 is 1.35. The monoisotopic (exact) mass is 295 g/mol. The molecule has 0 atom stereocenters. The molecule has 0 radical (unpaired) electrons. The van der Waals surface area contributed by atoms with E-state index in [1.165, 1.54) is 16.2 Å². The van der Waals surface area contributed by atoms with E-state index >= 15 is 0 Å². The van der Waals surface area contributed by atoms with Crippen molar-refractivity contribution in [2.45, 2.75) is 6.42 Å². The molecule has 0 unspecified atom stereocenters. The van der Waals surface area contributed by atoms with Gasteiger partial charge in [-0.2, -0.15) is 0 Å². The zero-order valence-corrected chi connectivity index (χ0v) is 12.1. The van der Waals surface area contributed by atoms with Gasteiger partial charge in [-0.1, -0.05) is 6.07 Å². The van der Waals surface area contributed by atoms with Crippen molar-refractivity contribution in [2.75, 3.05) is 33.2 Å². The number of rotatable bonds is 3. The van der Waals surface area contributed by atoms with E-state index in [4.69, 9.17) is 0 Å². The first-order valence-electron chi connectivity index (χ1n) is 6.41. The van der Waals surface area contributed by atoms with Crippen LogP contribution in [0.1, 0.15) is 16.1 Å². The van der Waals surface area contributed by atoms with Crippen molar-refractivity contribution in [1.82, 2.24) is 15.1 Å². The van der Waals surface area contributed by atoms with Gasteiger partial charge in [0.2, 0.25) is 11.8 Å². The first-order valence-corrected chi connectivity index (χ1v) is 7.29. The van der Waals surface area contributed by atoms with E-state index in [1.54, 1.807) is 24.1 Å². The number of carbonyl (C=O) groups is 3. The van der Waals surface area contributed by atoms with Gasteiger partial charge in [0.25, 0.3) is 5.91 Å². The van der Waals surface area contributed by atoms with E-state index < -0.39 is 0 Å². The molecule has 1 fully saturated rings. The minimum Gasteiger partial charge on any atom is -0.354 e. The Hall–Kier alpha value is -1.89. The van der Waals surface area contributed by atoms with Gasteiger partial charge in [-0.25, -0.2) is 0 Å². The lowest BCUT2D eigenvalue weighted by Crippen LogP contribution is -2.42. The molecule has 0 aromatic carbocycles. The molecule has 1 aromatic rings. The van der Waals surface area contributed by atoms with Crippen LogP contribution in [0.25, 0.3) is 0 Å². The van der Waals surface area contributed by atoms with Crippen LogP contribution < -0.4 is 5.32 Å². The maximum absolute atomic E-state index is 12.1. The number of thiophene rings is 1. The summed E-state index contributed by atoms with van der Waals surface area (Å²) in [5, 5.41) is 4.54. The van der Waals surface area contributed by atoms with Gasteiger partial charge in [-0.3, -0.25) is 14.4 Å². The first kappa shape index (κ1) is 14.5. The molecule has 1 N–H and O–H groups in total. The van der Waals surface area contributed by atoms with Crippen molar-refractivity contribution in [3.8, 4) is 0 Å². The summed E-state index contributed by atoms with van der Waals surface area (Å²) in [5.41, 5.74) is 0. The Bertz CT molecular complexity index is 501. The maximum atomic E-state index is 12.1. The zero-order valence-electron chi connectivity index (χ0n) is 11.3. The van der Waals surface area contributed by atoms with E-state index in [0.29, 0.717) is 30.9 Å². The molecule has 1 aliphatic heterocycles. The van der Waals surface area contributed by atoms with Crippen molar-refractivity contribution >= 4 is 29.1 Å². The number of hydrogen-bond acceptors (Lipinski definition) is 4. The van der Waals surface area contributed by atoms with Crippen LogP contribution in [0, 0.1) is 0 Å². The van der Waals surface area contributed by atoms with Gasteiger partial charge in [-0.05, 0) is 11.4 Å². The van der Waals surface area contributed by atoms with Crippen LogP contribution in [-0.4, -0.2) is 60.7 Å². The fourth-order valence-electron chi connectivity index (χ4n) is 1.98. The fraction of sp³-hybridized carbons (Fsp3) is 0.462. The van der Waals surface area contributed by atoms with Crippen molar-refractivity contribution < 1.29 is 14.4 Å². The van der Waals surface area contributed by atoms with Crippen molar-refractivity contribution in [3.63, 3.8) is 0 Å². The molecule has 0 bridgehead atoms. The third kappa shape index (κ3) is 3.57. The third-order valence-electron chi connectivity index (χ3n) is 3.12. The van der Waals surface area contributed by atoms with Crippen molar-refractivity contribution in [2.24, 2.45) is 0 Å². The standard InChI is InChI=1S/C13H17N3O3S/c1-15(13(19)10-3-2-8-20-10)9-12(18)16-6-4-11(17)14-5-7-16/h2-3,8H,4-7,9H2,1H3,(H,14,17). The third-order valence-corrected chi connectivity index (χ3v) is 3.97. The topological polar surface area (TPSA) is 69.7 Å². The average Bonchev–Trinajstić information content (AvgIpc) is 2.87. The number of carbonyl (C=O) groups excluding carboxylic acids is 3. The molecule has 3 amide bonds. The minimum absolute atomic E-state index is 0.0327. The molecule has 7 heteroatoms. The van der Waals surface area contributed by atoms with Crippen molar-refractivity contribution in [3.05, 3.63) is 22.4 Å². The summed E-state index contributed by atoms with van der Waals surface area (Å²) in [4.78, 5) is 39.1. The predicted molar refractivity (Wildman–Crippen MR) is 75.5 cm³/mol. The lowest BCUT2D eigenvalue weighted by molar-refractivity contribution is -0.131. The molecule has 20 heavy (non-hydrogen) atoms. The highest BCUT2D eigenvalue weighted by Gasteiger charge is 2.22. The molecule has 0 spiro atoms. The SMILES string of the molecule is CN(CC(=O)N1CCNC(=O)CC1)C(=O)c1cccs1. The Balaban J connectivity index is 1.90. The second-order valence-corrected chi connectivity index (χ2v) is 5.57. The maximum Gasteiger partial charge on any atom is 0.264 e. The first-order chi connectivity index (χ1) is 9.58. The van der Waals surface area contributed by atoms with Gasteiger partial charge in [0, 0.05) is 33.1 Å². The number of nitrogens with one attached hydrogen (secondary N) is 1. The van der Waals surface area contributed by atoms with Gasteiger partial charge in [0.05, 0.1) is 11.4 Å². The lowest BCUT2D eigenvalue weighted by Gasteiger charge is -2.23. The van der Waals surface area contributed by atoms with E-state index in [-0.39, 0.29) is 24.3 Å². The summed E-state index contributed by atoms with van der Waals surface area (Å²) in [6.45, 7) is 1.40. The van der Waals surface area contributed by atoms with E-state index in [2.05, 4.69) is 5.32 Å². The predicted octanol–water partition coefficient (Wildman–Crippen LogP) is 0.169. The molecule has 1 aromatic heterocycles. The lowest BCUT2D eigenvalue weighted by atomic mass is 10.3. The Kier molecular flexibility index (Phi) is 4.73. The normalized spacial score (nSPS) is 15.4. The fourth-order valence-corrected chi connectivity index (χ4v) is 2.70. The van der Waals surface area contributed by atoms with E-state index in [9.17, 15) is 14.4 Å². The van der Waals surface area contributed by atoms with Crippen LogP contribution in [0.4, 0.5) is 0 Å². The van der Waals surface area contributed by atoms with Crippen LogP contribution in [0.3, 0.4) is 0 Å². The highest BCUT2D eigenvalue weighted by atomic mass is 32.1. The van der Waals surface area contributed by atoms with Crippen LogP contribution in [0.15, 0.2) is 17.5 Å². The molecule has 0 saturated carbocycles. The van der Waals surface area contributed by atoms with Crippen molar-refractivity contribution in [1.29, 1.82) is 0 Å². The highest BCUT2D eigenvalue weighted by Crippen LogP contribution is 2.11. The van der Waals surface area contributed by atoms with Gasteiger partial charge < -0.3 is 15.1 Å². The van der Waals surface area contributed by atoms with Crippen LogP contribution in [0.5, 0.6) is 0 Å². The quantitative estimate of drug-likeness (QED) is 0.864. The van der Waals surface area contributed by atoms with Gasteiger partial charge in [-0.15, -0.1) is 11.3 Å². The summed E-state index contributed by atoms with van der Waals surface area (Å²) in [7, 11) is 1.61. The molecule has 2 rings (SSSR count). The Morgan fingerprint density at radius 3 is 2.95 bits per heavy atom. The molecular formula is C13H17N3O3S. The van der Waals surface area contributed by atoms with Crippen LogP contribution in [-0.2, 0) is 9.59 Å². The van der Waals surface area contributed by atoms with E-state index in [0.717, 1.165) is 0 Å². The number of nitrogens with zero attached hydrogens (tertiary/aromatic N) is 2. The summed E-state index contributed by atoms with van der Waals surface area (Å²) in [6, 6.07) is 3.54. The molecule has 1 aliphatic rings. The largest absolute Gasteiger partial charge is 0.354 e. The molecule has 108 valence electrons. The molecule has 0 aliphatic carbocycles. The van der Waals surface area contributed by atoms with Gasteiger partial charge >= 0.3 is 0 Å². The molecule has 1 saturated heterocycles. The second kappa shape index (κ2) is 6.51. The molecule has 6 nitrogen and oxygen atoms in total. The number of hydrogen-bond donors (Lipinski definition) is 1. The minimum atomic E-state index is -0.155. The summed E-state index contributed by atoms with van der Waals surface area (Å²) < 4.78 is 0. The van der Waals surface area contributed by atoms with E-state index in [1.807, 2.05) is 5.38 Å². The van der Waals surface area contributed by atoms with Crippen LogP contribution >= 0.6 is 11.3 Å². The zero-order chi connectivity index (χ0) is 14.5. The molecular weight excluding hydrogens is 278 g/mol. The summed E-state index contributed by atoms with van der Waals surface area (Å²) in [5.74, 6) is -0.324. The smallest absolute Gasteiger partial charge is 0.264 e. The van der Waals surface area contributed by atoms with Gasteiger partial charge in [0.15, 0.2) is 0 Å². The summed E-state index contributed by atoms with van der Waals surface area (Å²) in [6.07, 6.45) is 0.314. The Labute approximate surface area is 121 Å². The Morgan fingerprint density at radius 2 is 2.25 bits per heavy atom. The highest BCUT2D eigenvalue weighted by molar-refractivity contribution is 7.12. The number of amides is 3. The average molecular weight is 295 g/mol. The number of likely N-dealkylation sites (N-methyl/N-ethyl adjacent to an activating group) is 1. The Morgan fingerprint density at radius 1 is 1.45 bits per heavy atom. The second-order valence-electron chi connectivity index (χ2n) is 4.62.